The number of hydrogen-bond donors (Lipinski definition) is 0. The summed E-state index contributed by atoms with van der Waals surface area (Å²) < 4.78 is 0. The van der Waals surface area contributed by atoms with Crippen LogP contribution in [0, 0.1) is 0 Å². The van der Waals surface area contributed by atoms with Crippen LogP contribution in [0.15, 0.2) is 24.3 Å². The summed E-state index contributed by atoms with van der Waals surface area (Å²) in [6.07, 6.45) is 2.03. The molecule has 1 unspecified atom stereocenters. The molecule has 2 heterocycles. The highest BCUT2D eigenvalue weighted by Gasteiger charge is 2.39. The van der Waals surface area contributed by atoms with Gasteiger partial charge in [0, 0.05) is 19.5 Å². The van der Waals surface area contributed by atoms with Crippen molar-refractivity contribution in [3.8, 4) is 0 Å². The number of halogens is 1. The van der Waals surface area contributed by atoms with Crippen LogP contribution in [0.2, 0.25) is 5.02 Å². The maximum absolute atomic E-state index is 12.6. The molecule has 0 saturated carbocycles. The van der Waals surface area contributed by atoms with Crippen LogP contribution < -0.4 is 4.90 Å². The predicted octanol–water partition coefficient (Wildman–Crippen LogP) is 2.07. The van der Waals surface area contributed by atoms with Crippen LogP contribution in [0.25, 0.3) is 0 Å². The SMILES string of the molecule is O=C1C2CCCN2C(=O)CCN1c1ccccc1Cl. The van der Waals surface area contributed by atoms with Crippen LogP contribution >= 0.6 is 11.6 Å². The maximum atomic E-state index is 12.6. The average molecular weight is 279 g/mol. The second-order valence-corrected chi connectivity index (χ2v) is 5.34. The molecule has 0 N–H and O–H groups in total. The third kappa shape index (κ3) is 2.10. The summed E-state index contributed by atoms with van der Waals surface area (Å²) in [4.78, 5) is 28.0. The van der Waals surface area contributed by atoms with Gasteiger partial charge in [-0.15, -0.1) is 0 Å². The zero-order valence-electron chi connectivity index (χ0n) is 10.5. The van der Waals surface area contributed by atoms with Gasteiger partial charge in [0.25, 0.3) is 0 Å². The molecule has 2 fully saturated rings. The smallest absolute Gasteiger partial charge is 0.249 e. The fourth-order valence-electron chi connectivity index (χ4n) is 2.87. The van der Waals surface area contributed by atoms with Crippen molar-refractivity contribution >= 4 is 29.1 Å². The van der Waals surface area contributed by atoms with Gasteiger partial charge in [0.15, 0.2) is 0 Å². The monoisotopic (exact) mass is 278 g/mol. The Balaban J connectivity index is 1.96. The highest BCUT2D eigenvalue weighted by molar-refractivity contribution is 6.33. The normalized spacial score (nSPS) is 23.5. The summed E-state index contributed by atoms with van der Waals surface area (Å²) in [6.45, 7) is 1.11. The molecule has 0 radical (unpaired) electrons. The van der Waals surface area contributed by atoms with E-state index < -0.39 is 0 Å². The molecule has 1 aromatic rings. The minimum atomic E-state index is -0.300. The van der Waals surface area contributed by atoms with E-state index >= 15 is 0 Å². The van der Waals surface area contributed by atoms with Crippen molar-refractivity contribution in [2.24, 2.45) is 0 Å². The van der Waals surface area contributed by atoms with E-state index in [0.29, 0.717) is 30.2 Å². The summed E-state index contributed by atoms with van der Waals surface area (Å²) in [5.41, 5.74) is 0.704. The number of anilines is 1. The lowest BCUT2D eigenvalue weighted by molar-refractivity contribution is -0.135. The number of benzene rings is 1. The fraction of sp³-hybridized carbons (Fsp3) is 0.429. The molecule has 2 amide bonds. The van der Waals surface area contributed by atoms with E-state index in [9.17, 15) is 9.59 Å². The van der Waals surface area contributed by atoms with Gasteiger partial charge >= 0.3 is 0 Å². The summed E-state index contributed by atoms with van der Waals surface area (Å²) >= 11 is 6.16. The molecule has 3 rings (SSSR count). The zero-order chi connectivity index (χ0) is 13.4. The molecule has 4 nitrogen and oxygen atoms in total. The third-order valence-electron chi connectivity index (χ3n) is 3.82. The molecule has 0 spiro atoms. The van der Waals surface area contributed by atoms with E-state index in [-0.39, 0.29) is 17.9 Å². The number of amides is 2. The average Bonchev–Trinajstić information content (AvgIpc) is 2.85. The Morgan fingerprint density at radius 3 is 2.74 bits per heavy atom. The lowest BCUT2D eigenvalue weighted by atomic mass is 10.2. The number of para-hydroxylation sites is 1. The van der Waals surface area contributed by atoms with Gasteiger partial charge < -0.3 is 9.80 Å². The standard InChI is InChI=1S/C14H15ClN2O2/c15-10-4-1-2-5-11(10)17-9-7-13(18)16-8-3-6-12(16)14(17)19/h1-2,4-5,12H,3,6-9H2. The van der Waals surface area contributed by atoms with E-state index in [1.165, 1.54) is 0 Å². The van der Waals surface area contributed by atoms with Gasteiger partial charge in [-0.05, 0) is 25.0 Å². The number of nitrogens with zero attached hydrogens (tertiary/aromatic N) is 2. The first-order chi connectivity index (χ1) is 9.18. The number of carbonyl (C=O) groups excluding carboxylic acids is 2. The minimum Gasteiger partial charge on any atom is -0.331 e. The van der Waals surface area contributed by atoms with Gasteiger partial charge in [-0.3, -0.25) is 9.59 Å². The molecule has 19 heavy (non-hydrogen) atoms. The van der Waals surface area contributed by atoms with Crippen molar-refractivity contribution in [2.45, 2.75) is 25.3 Å². The first kappa shape index (κ1) is 12.5. The molecular formula is C14H15ClN2O2. The van der Waals surface area contributed by atoms with Crippen LogP contribution in [-0.4, -0.2) is 35.8 Å². The fourth-order valence-corrected chi connectivity index (χ4v) is 3.11. The van der Waals surface area contributed by atoms with Crippen molar-refractivity contribution < 1.29 is 9.59 Å². The zero-order valence-corrected chi connectivity index (χ0v) is 11.3. The molecule has 5 heteroatoms. The molecule has 2 saturated heterocycles. The lowest BCUT2D eigenvalue weighted by Gasteiger charge is -2.25. The van der Waals surface area contributed by atoms with Crippen molar-refractivity contribution in [3.05, 3.63) is 29.3 Å². The number of hydrogen-bond acceptors (Lipinski definition) is 2. The predicted molar refractivity (Wildman–Crippen MR) is 73.2 cm³/mol. The highest BCUT2D eigenvalue weighted by atomic mass is 35.5. The van der Waals surface area contributed by atoms with Crippen LogP contribution in [0.5, 0.6) is 0 Å². The molecular weight excluding hydrogens is 264 g/mol. The molecule has 0 aliphatic carbocycles. The molecule has 2 aliphatic heterocycles. The van der Waals surface area contributed by atoms with Crippen molar-refractivity contribution in [1.82, 2.24) is 4.90 Å². The molecule has 2 aliphatic rings. The topological polar surface area (TPSA) is 40.6 Å². The lowest BCUT2D eigenvalue weighted by Crippen LogP contribution is -2.43. The quantitative estimate of drug-likeness (QED) is 0.789. The highest BCUT2D eigenvalue weighted by Crippen LogP contribution is 2.30. The Morgan fingerprint density at radius 2 is 1.95 bits per heavy atom. The van der Waals surface area contributed by atoms with E-state index in [0.717, 1.165) is 12.8 Å². The Hall–Kier alpha value is -1.55. The summed E-state index contributed by atoms with van der Waals surface area (Å²) in [7, 11) is 0. The van der Waals surface area contributed by atoms with E-state index in [1.807, 2.05) is 18.2 Å². The second-order valence-electron chi connectivity index (χ2n) is 4.94. The van der Waals surface area contributed by atoms with Crippen LogP contribution in [0.4, 0.5) is 5.69 Å². The Kier molecular flexibility index (Phi) is 3.19. The number of carbonyl (C=O) groups is 2. The third-order valence-corrected chi connectivity index (χ3v) is 4.14. The van der Waals surface area contributed by atoms with Gasteiger partial charge in [-0.1, -0.05) is 23.7 Å². The summed E-state index contributed by atoms with van der Waals surface area (Å²) in [5, 5.41) is 0.551. The van der Waals surface area contributed by atoms with E-state index in [4.69, 9.17) is 11.6 Å². The first-order valence-electron chi connectivity index (χ1n) is 6.54. The Labute approximate surface area is 116 Å². The maximum Gasteiger partial charge on any atom is 0.249 e. The summed E-state index contributed by atoms with van der Waals surface area (Å²) in [6, 6.07) is 6.99. The van der Waals surface area contributed by atoms with Crippen LogP contribution in [-0.2, 0) is 9.59 Å². The van der Waals surface area contributed by atoms with Gasteiger partial charge in [-0.25, -0.2) is 0 Å². The molecule has 1 atom stereocenters. The molecule has 0 bridgehead atoms. The minimum absolute atomic E-state index is 0.00329. The van der Waals surface area contributed by atoms with Crippen molar-refractivity contribution in [1.29, 1.82) is 0 Å². The largest absolute Gasteiger partial charge is 0.331 e. The van der Waals surface area contributed by atoms with Gasteiger partial charge in [-0.2, -0.15) is 0 Å². The van der Waals surface area contributed by atoms with E-state index in [1.54, 1.807) is 15.9 Å². The Bertz CT molecular complexity index is 532. The van der Waals surface area contributed by atoms with Crippen LogP contribution in [0.1, 0.15) is 19.3 Å². The first-order valence-corrected chi connectivity index (χ1v) is 6.91. The molecule has 0 aromatic heterocycles. The number of rotatable bonds is 1. The second kappa shape index (κ2) is 4.85. The van der Waals surface area contributed by atoms with Crippen molar-refractivity contribution in [2.75, 3.05) is 18.0 Å². The van der Waals surface area contributed by atoms with Gasteiger partial charge in [0.2, 0.25) is 11.8 Å². The van der Waals surface area contributed by atoms with Crippen molar-refractivity contribution in [3.63, 3.8) is 0 Å². The summed E-state index contributed by atoms with van der Waals surface area (Å²) in [5.74, 6) is 0.0712. The van der Waals surface area contributed by atoms with E-state index in [2.05, 4.69) is 0 Å². The molecule has 1 aromatic carbocycles. The Morgan fingerprint density at radius 1 is 1.16 bits per heavy atom. The number of fused-ring (bicyclic) bond motifs is 1. The van der Waals surface area contributed by atoms with Crippen LogP contribution in [0.3, 0.4) is 0 Å². The van der Waals surface area contributed by atoms with Gasteiger partial charge in [0.1, 0.15) is 6.04 Å². The molecule has 100 valence electrons. The van der Waals surface area contributed by atoms with Gasteiger partial charge in [0.05, 0.1) is 10.7 Å².